The van der Waals surface area contributed by atoms with Crippen LogP contribution in [0.1, 0.15) is 19.3 Å². The predicted molar refractivity (Wildman–Crippen MR) is 59.8 cm³/mol. The first-order valence-electron chi connectivity index (χ1n) is 5.01. The SMILES string of the molecule is N[C@@H](CCC(=O)O)C(=O)O.N[C@@H](CCO)C(=O)O. The Labute approximate surface area is 103 Å². The van der Waals surface area contributed by atoms with Gasteiger partial charge in [0.05, 0.1) is 0 Å². The van der Waals surface area contributed by atoms with E-state index < -0.39 is 30.0 Å². The standard InChI is InChI=1S/C5H9NO4.C4H9NO3/c6-3(5(9)10)1-2-4(7)8;5-3(1-2-6)4(7)8/h3H,1-2,6H2,(H,7,8)(H,9,10);3,6H,1-2,5H2,(H,7,8)/t2*3-/m00/s1. The van der Waals surface area contributed by atoms with Crippen LogP contribution in [0.15, 0.2) is 0 Å². The van der Waals surface area contributed by atoms with Crippen LogP contribution < -0.4 is 11.5 Å². The molecule has 0 aromatic rings. The molecule has 0 aliphatic carbocycles. The van der Waals surface area contributed by atoms with Crippen molar-refractivity contribution in [3.63, 3.8) is 0 Å². The number of aliphatic hydroxyl groups excluding tert-OH is 1. The van der Waals surface area contributed by atoms with Gasteiger partial charge in [-0.1, -0.05) is 0 Å². The maximum atomic E-state index is 9.99. The monoisotopic (exact) mass is 266 g/mol. The van der Waals surface area contributed by atoms with Gasteiger partial charge < -0.3 is 31.9 Å². The van der Waals surface area contributed by atoms with Crippen molar-refractivity contribution in [1.82, 2.24) is 0 Å². The van der Waals surface area contributed by atoms with Crippen molar-refractivity contribution in [3.05, 3.63) is 0 Å². The Morgan fingerprint density at radius 1 is 0.889 bits per heavy atom. The number of aliphatic hydroxyl groups is 1. The number of carbonyl (C=O) groups is 3. The van der Waals surface area contributed by atoms with E-state index in [9.17, 15) is 14.4 Å². The van der Waals surface area contributed by atoms with E-state index in [0.717, 1.165) is 0 Å². The average molecular weight is 266 g/mol. The summed E-state index contributed by atoms with van der Waals surface area (Å²) in [5.74, 6) is -3.27. The quantitative estimate of drug-likeness (QED) is 0.304. The van der Waals surface area contributed by atoms with Gasteiger partial charge in [0.1, 0.15) is 12.1 Å². The van der Waals surface area contributed by atoms with E-state index in [1.54, 1.807) is 0 Å². The number of hydrogen-bond donors (Lipinski definition) is 6. The third kappa shape index (κ3) is 12.4. The number of nitrogens with two attached hydrogens (primary N) is 2. The molecular formula is C9H18N2O7. The fourth-order valence-electron chi connectivity index (χ4n) is 0.665. The van der Waals surface area contributed by atoms with E-state index in [-0.39, 0.29) is 25.9 Å². The molecule has 0 amide bonds. The first kappa shape index (κ1) is 18.6. The summed E-state index contributed by atoms with van der Waals surface area (Å²) >= 11 is 0. The number of hydrogen-bond acceptors (Lipinski definition) is 6. The maximum Gasteiger partial charge on any atom is 0.320 e. The molecule has 106 valence electrons. The van der Waals surface area contributed by atoms with Gasteiger partial charge in [0, 0.05) is 13.0 Å². The highest BCUT2D eigenvalue weighted by Gasteiger charge is 2.12. The molecule has 0 unspecified atom stereocenters. The molecule has 0 spiro atoms. The second-order valence-corrected chi connectivity index (χ2v) is 3.33. The summed E-state index contributed by atoms with van der Waals surface area (Å²) in [6, 6.07) is -1.98. The lowest BCUT2D eigenvalue weighted by Crippen LogP contribution is -2.30. The van der Waals surface area contributed by atoms with Crippen molar-refractivity contribution in [1.29, 1.82) is 0 Å². The van der Waals surface area contributed by atoms with Crippen LogP contribution in [-0.2, 0) is 14.4 Å². The molecular weight excluding hydrogens is 248 g/mol. The molecule has 0 rings (SSSR count). The van der Waals surface area contributed by atoms with E-state index in [2.05, 4.69) is 0 Å². The molecule has 2 atom stereocenters. The van der Waals surface area contributed by atoms with Crippen LogP contribution in [0.4, 0.5) is 0 Å². The van der Waals surface area contributed by atoms with E-state index in [1.807, 2.05) is 0 Å². The minimum absolute atomic E-state index is 0.0231. The highest BCUT2D eigenvalue weighted by atomic mass is 16.4. The fraction of sp³-hybridized carbons (Fsp3) is 0.667. The van der Waals surface area contributed by atoms with E-state index in [0.29, 0.717) is 0 Å². The van der Waals surface area contributed by atoms with Crippen LogP contribution in [0.25, 0.3) is 0 Å². The van der Waals surface area contributed by atoms with Crippen LogP contribution in [0, 0.1) is 0 Å². The van der Waals surface area contributed by atoms with E-state index >= 15 is 0 Å². The van der Waals surface area contributed by atoms with Gasteiger partial charge >= 0.3 is 17.9 Å². The Morgan fingerprint density at radius 2 is 1.28 bits per heavy atom. The summed E-state index contributed by atoms with van der Waals surface area (Å²) in [5, 5.41) is 32.5. The molecule has 0 fully saturated rings. The molecule has 9 heteroatoms. The second kappa shape index (κ2) is 10.4. The van der Waals surface area contributed by atoms with Crippen molar-refractivity contribution in [3.8, 4) is 0 Å². The van der Waals surface area contributed by atoms with Crippen LogP contribution in [0.3, 0.4) is 0 Å². The molecule has 0 aromatic heterocycles. The van der Waals surface area contributed by atoms with Crippen molar-refractivity contribution >= 4 is 17.9 Å². The van der Waals surface area contributed by atoms with Crippen LogP contribution in [0.2, 0.25) is 0 Å². The zero-order valence-corrected chi connectivity index (χ0v) is 9.65. The van der Waals surface area contributed by atoms with Crippen LogP contribution >= 0.6 is 0 Å². The largest absolute Gasteiger partial charge is 0.481 e. The van der Waals surface area contributed by atoms with Gasteiger partial charge in [-0.25, -0.2) is 0 Å². The minimum Gasteiger partial charge on any atom is -0.481 e. The number of carboxylic acids is 3. The van der Waals surface area contributed by atoms with E-state index in [4.69, 9.17) is 31.9 Å². The molecule has 0 heterocycles. The Hall–Kier alpha value is -1.71. The summed E-state index contributed by atoms with van der Waals surface area (Å²) in [5.41, 5.74) is 9.97. The zero-order chi connectivity index (χ0) is 14.7. The number of aliphatic carboxylic acids is 3. The van der Waals surface area contributed by atoms with Gasteiger partial charge in [-0.3, -0.25) is 14.4 Å². The molecule has 8 N–H and O–H groups in total. The summed E-state index contributed by atoms with van der Waals surface area (Å²) < 4.78 is 0. The molecule has 0 aliphatic heterocycles. The van der Waals surface area contributed by atoms with Gasteiger partial charge in [0.25, 0.3) is 0 Å². The van der Waals surface area contributed by atoms with Crippen molar-refractivity contribution < 1.29 is 34.8 Å². The number of rotatable bonds is 7. The molecule has 0 aliphatic rings. The Kier molecular flexibility index (Phi) is 10.8. The molecule has 0 radical (unpaired) electrons. The van der Waals surface area contributed by atoms with Crippen molar-refractivity contribution in [2.45, 2.75) is 31.3 Å². The Balaban J connectivity index is 0. The lowest BCUT2D eigenvalue weighted by molar-refractivity contribution is -0.140. The third-order valence-electron chi connectivity index (χ3n) is 1.74. The topological polar surface area (TPSA) is 184 Å². The van der Waals surface area contributed by atoms with Gasteiger partial charge in [-0.2, -0.15) is 0 Å². The normalized spacial score (nSPS) is 12.8. The van der Waals surface area contributed by atoms with Gasteiger partial charge in [0.15, 0.2) is 0 Å². The Morgan fingerprint density at radius 3 is 1.50 bits per heavy atom. The Bertz CT molecular complexity index is 282. The highest BCUT2D eigenvalue weighted by molar-refractivity contribution is 5.74. The first-order valence-corrected chi connectivity index (χ1v) is 5.01. The average Bonchev–Trinajstić information content (AvgIpc) is 2.26. The second-order valence-electron chi connectivity index (χ2n) is 3.33. The summed E-state index contributed by atoms with van der Waals surface area (Å²) in [4.78, 5) is 29.7. The zero-order valence-electron chi connectivity index (χ0n) is 9.65. The molecule has 0 saturated carbocycles. The number of carboxylic acid groups (broad SMARTS) is 3. The summed E-state index contributed by atoms with van der Waals surface area (Å²) in [6.07, 6.45) is -0.104. The lowest BCUT2D eigenvalue weighted by atomic mass is 10.2. The van der Waals surface area contributed by atoms with Crippen LogP contribution in [0.5, 0.6) is 0 Å². The fourth-order valence-corrected chi connectivity index (χ4v) is 0.665. The predicted octanol–water partition coefficient (Wildman–Crippen LogP) is -1.96. The molecule has 18 heavy (non-hydrogen) atoms. The van der Waals surface area contributed by atoms with Crippen molar-refractivity contribution in [2.24, 2.45) is 11.5 Å². The molecule has 0 saturated heterocycles. The highest BCUT2D eigenvalue weighted by Crippen LogP contribution is 1.93. The third-order valence-corrected chi connectivity index (χ3v) is 1.74. The van der Waals surface area contributed by atoms with E-state index in [1.165, 1.54) is 0 Å². The van der Waals surface area contributed by atoms with Gasteiger partial charge in [-0.05, 0) is 12.8 Å². The summed E-state index contributed by atoms with van der Waals surface area (Å²) in [7, 11) is 0. The maximum absolute atomic E-state index is 9.99. The van der Waals surface area contributed by atoms with Crippen molar-refractivity contribution in [2.75, 3.05) is 6.61 Å². The smallest absolute Gasteiger partial charge is 0.320 e. The first-order chi connectivity index (χ1) is 8.22. The molecule has 0 aromatic carbocycles. The lowest BCUT2D eigenvalue weighted by Gasteiger charge is -2.01. The van der Waals surface area contributed by atoms with Crippen LogP contribution in [-0.4, -0.2) is 57.0 Å². The van der Waals surface area contributed by atoms with Gasteiger partial charge in [-0.15, -0.1) is 0 Å². The minimum atomic E-state index is -1.17. The molecule has 9 nitrogen and oxygen atoms in total. The van der Waals surface area contributed by atoms with Gasteiger partial charge in [0.2, 0.25) is 0 Å². The summed E-state index contributed by atoms with van der Waals surface area (Å²) in [6.45, 7) is -0.173. The molecule has 0 bridgehead atoms.